The van der Waals surface area contributed by atoms with Crippen molar-refractivity contribution in [1.82, 2.24) is 14.8 Å². The maximum absolute atomic E-state index is 12.6. The number of hydrogen-bond donors (Lipinski definition) is 0. The first-order valence-electron chi connectivity index (χ1n) is 7.65. The molecule has 25 heavy (non-hydrogen) atoms. The normalized spacial score (nSPS) is 10.2. The maximum atomic E-state index is 12.6. The molecule has 0 saturated carbocycles. The fourth-order valence-electron chi connectivity index (χ4n) is 2.06. The lowest BCUT2D eigenvalue weighted by Crippen LogP contribution is -2.28. The number of likely N-dealkylation sites (N-methyl/N-ethyl adjacent to an activating group) is 1. The SMILES string of the molecule is CN(C)C(=O)COc1cccc(C(=O)N(C)Cc2ccc(Cl)nc2)c1. The lowest BCUT2D eigenvalue weighted by atomic mass is 10.2. The van der Waals surface area contributed by atoms with Gasteiger partial charge in [-0.3, -0.25) is 9.59 Å². The predicted octanol–water partition coefficient (Wildman–Crippen LogP) is 2.47. The molecule has 7 heteroatoms. The minimum Gasteiger partial charge on any atom is -0.484 e. The third-order valence-electron chi connectivity index (χ3n) is 3.50. The van der Waals surface area contributed by atoms with Crippen molar-refractivity contribution in [1.29, 1.82) is 0 Å². The monoisotopic (exact) mass is 361 g/mol. The van der Waals surface area contributed by atoms with Crippen LogP contribution in [0, 0.1) is 0 Å². The molecular formula is C18H20ClN3O3. The van der Waals surface area contributed by atoms with Crippen LogP contribution in [-0.4, -0.2) is 54.3 Å². The van der Waals surface area contributed by atoms with Gasteiger partial charge in [0.05, 0.1) is 0 Å². The number of halogens is 1. The summed E-state index contributed by atoms with van der Waals surface area (Å²) in [5, 5.41) is 0.412. The van der Waals surface area contributed by atoms with E-state index in [0.717, 1.165) is 5.56 Å². The Labute approximate surface area is 152 Å². The van der Waals surface area contributed by atoms with Crippen LogP contribution in [0.3, 0.4) is 0 Å². The van der Waals surface area contributed by atoms with Gasteiger partial charge in [0.15, 0.2) is 6.61 Å². The number of rotatable bonds is 6. The van der Waals surface area contributed by atoms with E-state index in [4.69, 9.17) is 16.3 Å². The Balaban J connectivity index is 2.02. The van der Waals surface area contributed by atoms with E-state index >= 15 is 0 Å². The van der Waals surface area contributed by atoms with E-state index in [9.17, 15) is 9.59 Å². The van der Waals surface area contributed by atoms with Crippen LogP contribution in [0.2, 0.25) is 5.15 Å². The first-order chi connectivity index (χ1) is 11.9. The highest BCUT2D eigenvalue weighted by Gasteiger charge is 2.14. The second kappa shape index (κ2) is 8.48. The number of nitrogens with zero attached hydrogens (tertiary/aromatic N) is 3. The number of hydrogen-bond acceptors (Lipinski definition) is 4. The van der Waals surface area contributed by atoms with Gasteiger partial charge in [-0.05, 0) is 29.8 Å². The van der Waals surface area contributed by atoms with Gasteiger partial charge >= 0.3 is 0 Å². The number of benzene rings is 1. The number of aromatic nitrogens is 1. The summed E-state index contributed by atoms with van der Waals surface area (Å²) in [6.45, 7) is 0.337. The zero-order valence-corrected chi connectivity index (χ0v) is 15.2. The summed E-state index contributed by atoms with van der Waals surface area (Å²) in [5.74, 6) is 0.172. The standard InChI is InChI=1S/C18H20ClN3O3/c1-21(2)17(23)12-25-15-6-4-5-14(9-15)18(24)22(3)11-13-7-8-16(19)20-10-13/h4-10H,11-12H2,1-3H3. The molecule has 2 rings (SSSR count). The van der Waals surface area contributed by atoms with E-state index in [1.807, 2.05) is 6.07 Å². The van der Waals surface area contributed by atoms with Crippen molar-refractivity contribution in [3.63, 3.8) is 0 Å². The molecule has 2 amide bonds. The number of amides is 2. The maximum Gasteiger partial charge on any atom is 0.259 e. The minimum atomic E-state index is -0.153. The van der Waals surface area contributed by atoms with Crippen molar-refractivity contribution in [2.75, 3.05) is 27.7 Å². The van der Waals surface area contributed by atoms with E-state index < -0.39 is 0 Å². The van der Waals surface area contributed by atoms with Crippen LogP contribution in [-0.2, 0) is 11.3 Å². The lowest BCUT2D eigenvalue weighted by molar-refractivity contribution is -0.130. The molecule has 0 saturated heterocycles. The highest BCUT2D eigenvalue weighted by atomic mass is 35.5. The zero-order chi connectivity index (χ0) is 18.4. The van der Waals surface area contributed by atoms with Crippen molar-refractivity contribution in [2.45, 2.75) is 6.54 Å². The third-order valence-corrected chi connectivity index (χ3v) is 3.72. The molecule has 0 fully saturated rings. The third kappa shape index (κ3) is 5.46. The van der Waals surface area contributed by atoms with Gasteiger partial charge in [-0.15, -0.1) is 0 Å². The zero-order valence-electron chi connectivity index (χ0n) is 14.4. The molecule has 1 heterocycles. The van der Waals surface area contributed by atoms with Crippen molar-refractivity contribution in [3.05, 3.63) is 58.9 Å². The van der Waals surface area contributed by atoms with Crippen LogP contribution in [0.4, 0.5) is 0 Å². The molecule has 6 nitrogen and oxygen atoms in total. The first kappa shape index (κ1) is 18.7. The molecule has 0 N–H and O–H groups in total. The fraction of sp³-hybridized carbons (Fsp3) is 0.278. The largest absolute Gasteiger partial charge is 0.484 e. The van der Waals surface area contributed by atoms with Crippen molar-refractivity contribution < 1.29 is 14.3 Å². The van der Waals surface area contributed by atoms with Gasteiger partial charge in [0, 0.05) is 39.4 Å². The molecule has 0 radical (unpaired) electrons. The quantitative estimate of drug-likeness (QED) is 0.741. The summed E-state index contributed by atoms with van der Waals surface area (Å²) >= 11 is 5.76. The second-order valence-electron chi connectivity index (χ2n) is 5.76. The number of ether oxygens (including phenoxy) is 1. The minimum absolute atomic E-state index is 0.0725. The molecule has 132 valence electrons. The smallest absolute Gasteiger partial charge is 0.259 e. The summed E-state index contributed by atoms with van der Waals surface area (Å²) < 4.78 is 5.44. The van der Waals surface area contributed by atoms with Gasteiger partial charge in [-0.1, -0.05) is 23.7 Å². The fourth-order valence-corrected chi connectivity index (χ4v) is 2.17. The van der Waals surface area contributed by atoms with E-state index in [2.05, 4.69) is 4.98 Å². The van der Waals surface area contributed by atoms with Gasteiger partial charge in [-0.25, -0.2) is 4.98 Å². The Morgan fingerprint density at radius 2 is 1.92 bits per heavy atom. The molecule has 0 spiro atoms. The van der Waals surface area contributed by atoms with E-state index in [-0.39, 0.29) is 18.4 Å². The van der Waals surface area contributed by atoms with Gasteiger partial charge in [0.25, 0.3) is 11.8 Å². The van der Waals surface area contributed by atoms with Crippen LogP contribution < -0.4 is 4.74 Å². The van der Waals surface area contributed by atoms with Gasteiger partial charge in [0.1, 0.15) is 10.9 Å². The molecule has 0 aliphatic carbocycles. The van der Waals surface area contributed by atoms with Crippen LogP contribution in [0.25, 0.3) is 0 Å². The van der Waals surface area contributed by atoms with Gasteiger partial charge < -0.3 is 14.5 Å². The molecule has 0 unspecified atom stereocenters. The topological polar surface area (TPSA) is 62.7 Å². The molecular weight excluding hydrogens is 342 g/mol. The number of pyridine rings is 1. The van der Waals surface area contributed by atoms with Crippen LogP contribution in [0.5, 0.6) is 5.75 Å². The van der Waals surface area contributed by atoms with Gasteiger partial charge in [-0.2, -0.15) is 0 Å². The molecule has 1 aromatic heterocycles. The number of carbonyl (C=O) groups excluding carboxylic acids is 2. The highest BCUT2D eigenvalue weighted by Crippen LogP contribution is 2.16. The summed E-state index contributed by atoms with van der Waals surface area (Å²) in [5.41, 5.74) is 1.36. The molecule has 0 aliphatic rings. The summed E-state index contributed by atoms with van der Waals surface area (Å²) in [4.78, 5) is 31.2. The van der Waals surface area contributed by atoms with Crippen molar-refractivity contribution in [2.24, 2.45) is 0 Å². The highest BCUT2D eigenvalue weighted by molar-refractivity contribution is 6.29. The average Bonchev–Trinajstić information content (AvgIpc) is 2.61. The van der Waals surface area contributed by atoms with Crippen LogP contribution in [0.1, 0.15) is 15.9 Å². The molecule has 0 bridgehead atoms. The number of carbonyl (C=O) groups is 2. The summed E-state index contributed by atoms with van der Waals surface area (Å²) in [6.07, 6.45) is 1.64. The average molecular weight is 362 g/mol. The van der Waals surface area contributed by atoms with E-state index in [0.29, 0.717) is 23.0 Å². The van der Waals surface area contributed by atoms with E-state index in [1.54, 1.807) is 62.6 Å². The first-order valence-corrected chi connectivity index (χ1v) is 8.03. The summed E-state index contributed by atoms with van der Waals surface area (Å²) in [7, 11) is 5.03. The van der Waals surface area contributed by atoms with Crippen LogP contribution >= 0.6 is 11.6 Å². The predicted molar refractivity (Wildman–Crippen MR) is 95.7 cm³/mol. The Morgan fingerprint density at radius 1 is 1.16 bits per heavy atom. The molecule has 1 aromatic carbocycles. The Morgan fingerprint density at radius 3 is 2.56 bits per heavy atom. The Hall–Kier alpha value is -2.60. The molecule has 0 aliphatic heterocycles. The van der Waals surface area contributed by atoms with Crippen molar-refractivity contribution in [3.8, 4) is 5.75 Å². The van der Waals surface area contributed by atoms with Gasteiger partial charge in [0.2, 0.25) is 0 Å². The Kier molecular flexibility index (Phi) is 6.36. The second-order valence-corrected chi connectivity index (χ2v) is 6.14. The molecule has 0 atom stereocenters. The van der Waals surface area contributed by atoms with E-state index in [1.165, 1.54) is 4.90 Å². The van der Waals surface area contributed by atoms with Crippen LogP contribution in [0.15, 0.2) is 42.6 Å². The lowest BCUT2D eigenvalue weighted by Gasteiger charge is -2.18. The molecule has 2 aromatic rings. The Bertz CT molecular complexity index is 747. The van der Waals surface area contributed by atoms with Crippen molar-refractivity contribution >= 4 is 23.4 Å². The summed E-state index contributed by atoms with van der Waals surface area (Å²) in [6, 6.07) is 10.3.